The zero-order valence-electron chi connectivity index (χ0n) is 13.9. The van der Waals surface area contributed by atoms with Gasteiger partial charge in [-0.25, -0.2) is 4.79 Å². The minimum absolute atomic E-state index is 0.0471. The highest BCUT2D eigenvalue weighted by Crippen LogP contribution is 2.31. The van der Waals surface area contributed by atoms with Gasteiger partial charge in [0.2, 0.25) is 0 Å². The van der Waals surface area contributed by atoms with Gasteiger partial charge in [-0.1, -0.05) is 0 Å². The Bertz CT molecular complexity index is 556. The first kappa shape index (κ1) is 17.3. The maximum absolute atomic E-state index is 12.2. The van der Waals surface area contributed by atoms with Crippen LogP contribution in [0.25, 0.3) is 0 Å². The summed E-state index contributed by atoms with van der Waals surface area (Å²) in [5.41, 5.74) is -0.512. The lowest BCUT2D eigenvalue weighted by Gasteiger charge is -2.22. The normalized spacial score (nSPS) is 22.0. The smallest absolute Gasteiger partial charge is 0.351 e. The van der Waals surface area contributed by atoms with Gasteiger partial charge in [0.25, 0.3) is 0 Å². The Morgan fingerprint density at radius 3 is 2.86 bits per heavy atom. The minimum atomic E-state index is -0.278. The molecule has 1 aromatic rings. The first-order valence-corrected chi connectivity index (χ1v) is 8.56. The van der Waals surface area contributed by atoms with Crippen molar-refractivity contribution in [2.24, 2.45) is 0 Å². The molecule has 0 aromatic carbocycles. The molecule has 0 spiro atoms. The average Bonchev–Trinajstić information content (AvgIpc) is 2.92. The van der Waals surface area contributed by atoms with Gasteiger partial charge in [-0.3, -0.25) is 4.57 Å². The number of ether oxygens (including phenoxy) is 2. The van der Waals surface area contributed by atoms with Crippen LogP contribution in [0, 0.1) is 0 Å². The molecule has 7 heteroatoms. The van der Waals surface area contributed by atoms with Crippen molar-refractivity contribution in [1.29, 1.82) is 0 Å². The summed E-state index contributed by atoms with van der Waals surface area (Å²) in [5, 5.41) is 0. The quantitative estimate of drug-likeness (QED) is 0.825. The summed E-state index contributed by atoms with van der Waals surface area (Å²) < 4.78 is 13.2. The van der Waals surface area contributed by atoms with Crippen LogP contribution < -0.4 is 10.6 Å². The molecule has 0 aliphatic carbocycles. The zero-order valence-corrected chi connectivity index (χ0v) is 14.7. The van der Waals surface area contributed by atoms with Gasteiger partial charge in [0, 0.05) is 25.5 Å². The average molecular weight is 327 g/mol. The summed E-state index contributed by atoms with van der Waals surface area (Å²) in [6, 6.07) is 1.85. The van der Waals surface area contributed by atoms with E-state index in [9.17, 15) is 4.79 Å². The number of hydrogen-bond donors (Lipinski definition) is 0. The van der Waals surface area contributed by atoms with Crippen LogP contribution in [0.1, 0.15) is 33.9 Å². The second kappa shape index (κ2) is 7.02. The fourth-order valence-electron chi connectivity index (χ4n) is 1.99. The highest BCUT2D eigenvalue weighted by atomic mass is 32.2. The molecule has 0 bridgehead atoms. The second-order valence-electron chi connectivity index (χ2n) is 6.27. The summed E-state index contributed by atoms with van der Waals surface area (Å²) in [5.74, 6) is 1.41. The van der Waals surface area contributed by atoms with E-state index >= 15 is 0 Å². The van der Waals surface area contributed by atoms with Gasteiger partial charge in [-0.05, 0) is 33.8 Å². The molecule has 0 N–H and O–H groups in total. The van der Waals surface area contributed by atoms with Crippen LogP contribution in [-0.4, -0.2) is 46.5 Å². The van der Waals surface area contributed by atoms with Crippen molar-refractivity contribution < 1.29 is 9.47 Å². The topological polar surface area (TPSA) is 56.6 Å². The van der Waals surface area contributed by atoms with Crippen LogP contribution in [0.3, 0.4) is 0 Å². The Morgan fingerprint density at radius 1 is 1.55 bits per heavy atom. The first-order chi connectivity index (χ1) is 10.3. The maximum atomic E-state index is 12.2. The fourth-order valence-corrected chi connectivity index (χ4v) is 2.98. The van der Waals surface area contributed by atoms with Crippen LogP contribution >= 0.6 is 11.8 Å². The maximum Gasteiger partial charge on any atom is 0.351 e. The van der Waals surface area contributed by atoms with Gasteiger partial charge in [0.15, 0.2) is 0 Å². The van der Waals surface area contributed by atoms with Crippen molar-refractivity contribution in [3.63, 3.8) is 0 Å². The van der Waals surface area contributed by atoms with Crippen molar-refractivity contribution >= 4 is 17.6 Å². The van der Waals surface area contributed by atoms with Crippen LogP contribution in [-0.2, 0) is 9.47 Å². The monoisotopic (exact) mass is 327 g/mol. The largest absolute Gasteiger partial charge is 0.372 e. The molecule has 124 valence electrons. The van der Waals surface area contributed by atoms with Gasteiger partial charge in [-0.15, -0.1) is 11.8 Å². The third-order valence-corrected chi connectivity index (χ3v) is 4.47. The van der Waals surface area contributed by atoms with Crippen molar-refractivity contribution in [2.75, 3.05) is 30.9 Å². The predicted molar refractivity (Wildman–Crippen MR) is 89.5 cm³/mol. The van der Waals surface area contributed by atoms with E-state index in [4.69, 9.17) is 9.47 Å². The Hall–Kier alpha value is -1.05. The van der Waals surface area contributed by atoms with E-state index in [-0.39, 0.29) is 23.0 Å². The van der Waals surface area contributed by atoms with Crippen molar-refractivity contribution in [3.8, 4) is 0 Å². The molecule has 1 aliphatic heterocycles. The second-order valence-corrected chi connectivity index (χ2v) is 7.46. The molecular formula is C15H25N3O3S. The molecule has 2 heterocycles. The molecule has 1 aromatic heterocycles. The Kier molecular flexibility index (Phi) is 5.52. The van der Waals surface area contributed by atoms with E-state index in [1.807, 2.05) is 45.7 Å². The lowest BCUT2D eigenvalue weighted by atomic mass is 10.2. The molecule has 0 radical (unpaired) electrons. The molecule has 0 saturated carbocycles. The van der Waals surface area contributed by atoms with Crippen molar-refractivity contribution in [3.05, 3.63) is 22.7 Å². The van der Waals surface area contributed by atoms with E-state index < -0.39 is 0 Å². The number of thioether (sulfide) groups is 1. The highest BCUT2D eigenvalue weighted by Gasteiger charge is 2.29. The van der Waals surface area contributed by atoms with E-state index in [2.05, 4.69) is 4.98 Å². The van der Waals surface area contributed by atoms with E-state index in [1.165, 1.54) is 0 Å². The summed E-state index contributed by atoms with van der Waals surface area (Å²) in [7, 11) is 1.91. The third kappa shape index (κ3) is 4.47. The lowest BCUT2D eigenvalue weighted by molar-refractivity contribution is -0.0684. The number of aromatic nitrogens is 2. The summed E-state index contributed by atoms with van der Waals surface area (Å²) in [6.07, 6.45) is 1.48. The Balaban J connectivity index is 2.00. The van der Waals surface area contributed by atoms with Crippen molar-refractivity contribution in [1.82, 2.24) is 9.55 Å². The Morgan fingerprint density at radius 2 is 2.27 bits per heavy atom. The standard InChI is InChI=1S/C15H25N3O3S/c1-6-17(5)11-7-8-18(14(19)16-11)12-10-22-13(21-12)9-20-15(2,3)4/h7-8,12-13H,6,9-10H2,1-5H3/t12-,13+/m1/s1. The zero-order chi connectivity index (χ0) is 16.3. The Labute approximate surface area is 135 Å². The fraction of sp³-hybridized carbons (Fsp3) is 0.733. The summed E-state index contributed by atoms with van der Waals surface area (Å²) in [6.45, 7) is 9.39. The van der Waals surface area contributed by atoms with Gasteiger partial charge in [-0.2, -0.15) is 4.98 Å². The highest BCUT2D eigenvalue weighted by molar-refractivity contribution is 8.00. The van der Waals surface area contributed by atoms with Gasteiger partial charge in [0.05, 0.1) is 12.2 Å². The van der Waals surface area contributed by atoms with E-state index in [1.54, 1.807) is 22.5 Å². The number of nitrogens with zero attached hydrogens (tertiary/aromatic N) is 3. The molecule has 0 amide bonds. The van der Waals surface area contributed by atoms with E-state index in [0.29, 0.717) is 12.4 Å². The molecule has 6 nitrogen and oxygen atoms in total. The van der Waals surface area contributed by atoms with Crippen LogP contribution in [0.15, 0.2) is 17.1 Å². The molecular weight excluding hydrogens is 302 g/mol. The van der Waals surface area contributed by atoms with Gasteiger partial charge < -0.3 is 14.4 Å². The molecule has 0 unspecified atom stereocenters. The van der Waals surface area contributed by atoms with Crippen LogP contribution in [0.2, 0.25) is 0 Å². The predicted octanol–water partition coefficient (Wildman–Crippen LogP) is 2.10. The number of anilines is 1. The summed E-state index contributed by atoms with van der Waals surface area (Å²) >= 11 is 1.66. The number of hydrogen-bond acceptors (Lipinski definition) is 6. The molecule has 2 rings (SSSR count). The van der Waals surface area contributed by atoms with Gasteiger partial charge in [0.1, 0.15) is 17.5 Å². The molecule has 1 saturated heterocycles. The van der Waals surface area contributed by atoms with Crippen LogP contribution in [0.4, 0.5) is 5.82 Å². The van der Waals surface area contributed by atoms with Crippen LogP contribution in [0.5, 0.6) is 0 Å². The van der Waals surface area contributed by atoms with E-state index in [0.717, 1.165) is 12.3 Å². The SMILES string of the molecule is CCN(C)c1ccn([C@H]2CS[C@@H](COC(C)(C)C)O2)c(=O)n1. The minimum Gasteiger partial charge on any atom is -0.372 e. The molecule has 1 fully saturated rings. The molecule has 22 heavy (non-hydrogen) atoms. The molecule has 2 atom stereocenters. The first-order valence-electron chi connectivity index (χ1n) is 7.51. The third-order valence-electron chi connectivity index (χ3n) is 3.38. The number of rotatable bonds is 5. The molecule has 1 aliphatic rings. The van der Waals surface area contributed by atoms with Crippen molar-refractivity contribution in [2.45, 2.75) is 45.0 Å². The lowest BCUT2D eigenvalue weighted by Crippen LogP contribution is -2.31. The van der Waals surface area contributed by atoms with Gasteiger partial charge >= 0.3 is 5.69 Å². The summed E-state index contributed by atoms with van der Waals surface area (Å²) in [4.78, 5) is 18.2.